The number of nitrogens with zero attached hydrogens (tertiary/aromatic N) is 5. The fourth-order valence-corrected chi connectivity index (χ4v) is 4.29. The summed E-state index contributed by atoms with van der Waals surface area (Å²) in [6, 6.07) is 12.4. The molecule has 1 aliphatic rings. The van der Waals surface area contributed by atoms with Crippen molar-refractivity contribution < 1.29 is 9.90 Å². The third-order valence-electron chi connectivity index (χ3n) is 6.05. The third-order valence-corrected chi connectivity index (χ3v) is 6.05. The van der Waals surface area contributed by atoms with Gasteiger partial charge in [0.2, 0.25) is 0 Å². The van der Waals surface area contributed by atoms with Crippen molar-refractivity contribution in [3.63, 3.8) is 0 Å². The summed E-state index contributed by atoms with van der Waals surface area (Å²) in [6.07, 6.45) is 3.82. The second-order valence-corrected chi connectivity index (χ2v) is 8.17. The van der Waals surface area contributed by atoms with E-state index in [9.17, 15) is 9.90 Å². The number of aromatic amines is 1. The van der Waals surface area contributed by atoms with Crippen molar-refractivity contribution in [3.8, 4) is 11.1 Å². The van der Waals surface area contributed by atoms with E-state index in [0.29, 0.717) is 18.7 Å². The predicted octanol–water partition coefficient (Wildman–Crippen LogP) is 2.50. The number of aromatic nitrogens is 5. The highest BCUT2D eigenvalue weighted by Crippen LogP contribution is 2.30. The average molecular weight is 436 g/mol. The van der Waals surface area contributed by atoms with Crippen molar-refractivity contribution in [2.45, 2.75) is 32.1 Å². The molecule has 3 N–H and O–H groups in total. The van der Waals surface area contributed by atoms with E-state index in [-0.39, 0.29) is 5.92 Å². The van der Waals surface area contributed by atoms with Gasteiger partial charge in [0, 0.05) is 43.9 Å². The Bertz CT molecular complexity index is 984. The fourth-order valence-electron chi connectivity index (χ4n) is 4.29. The second kappa shape index (κ2) is 10.3. The molecule has 1 aromatic carbocycles. The molecule has 2 aromatic heterocycles. The molecule has 0 bridgehead atoms. The number of aliphatic carboxylic acids is 1. The van der Waals surface area contributed by atoms with Crippen LogP contribution in [0.1, 0.15) is 37.1 Å². The van der Waals surface area contributed by atoms with E-state index in [2.05, 4.69) is 60.1 Å². The summed E-state index contributed by atoms with van der Waals surface area (Å²) in [5.41, 5.74) is 3.18. The number of H-pyrrole nitrogens is 1. The maximum Gasteiger partial charge on any atom is 0.307 e. The van der Waals surface area contributed by atoms with Crippen LogP contribution in [0, 0.1) is 5.92 Å². The first-order valence-corrected chi connectivity index (χ1v) is 11.1. The summed E-state index contributed by atoms with van der Waals surface area (Å²) in [4.78, 5) is 18.8. The predicted molar refractivity (Wildman–Crippen MR) is 121 cm³/mol. The minimum atomic E-state index is -0.819. The number of tetrazole rings is 1. The first kappa shape index (κ1) is 21.9. The van der Waals surface area contributed by atoms with Gasteiger partial charge in [0.1, 0.15) is 5.82 Å². The lowest BCUT2D eigenvalue weighted by Gasteiger charge is -2.28. The smallest absolute Gasteiger partial charge is 0.307 e. The number of carboxylic acid groups (broad SMARTS) is 1. The maximum atomic E-state index is 11.9. The third kappa shape index (κ3) is 5.11. The Balaban J connectivity index is 1.49. The zero-order valence-corrected chi connectivity index (χ0v) is 18.2. The van der Waals surface area contributed by atoms with Crippen molar-refractivity contribution in [3.05, 3.63) is 54.0 Å². The summed E-state index contributed by atoms with van der Waals surface area (Å²) in [5, 5.41) is 27.2. The van der Waals surface area contributed by atoms with Crippen LogP contribution in [0.3, 0.4) is 0 Å². The van der Waals surface area contributed by atoms with Gasteiger partial charge in [-0.05, 0) is 46.5 Å². The SMILES string of the molecule is CCC[C@@H](C(=O)O)[C@H](Cc1ccc(-c2ccc(N3CCNCC3)nc2)cc1)c1nnn[nH]1. The van der Waals surface area contributed by atoms with Crippen LogP contribution in [0.5, 0.6) is 0 Å². The quantitative estimate of drug-likeness (QED) is 0.469. The Morgan fingerprint density at radius 2 is 1.88 bits per heavy atom. The van der Waals surface area contributed by atoms with Crippen molar-refractivity contribution in [2.75, 3.05) is 31.1 Å². The van der Waals surface area contributed by atoms with E-state index < -0.39 is 11.9 Å². The van der Waals surface area contributed by atoms with Crippen LogP contribution in [-0.4, -0.2) is 62.9 Å². The molecule has 0 radical (unpaired) electrons. The first-order valence-electron chi connectivity index (χ1n) is 11.1. The van der Waals surface area contributed by atoms with E-state index in [4.69, 9.17) is 0 Å². The van der Waals surface area contributed by atoms with Crippen LogP contribution < -0.4 is 10.2 Å². The molecule has 1 aliphatic heterocycles. The number of pyridine rings is 1. The monoisotopic (exact) mass is 435 g/mol. The number of nitrogens with one attached hydrogen (secondary N) is 2. The van der Waals surface area contributed by atoms with Crippen LogP contribution >= 0.6 is 0 Å². The molecule has 3 heterocycles. The number of piperazine rings is 1. The highest BCUT2D eigenvalue weighted by Gasteiger charge is 2.31. The van der Waals surface area contributed by atoms with Gasteiger partial charge >= 0.3 is 5.97 Å². The molecule has 4 rings (SSSR count). The average Bonchev–Trinajstić information content (AvgIpc) is 3.37. The van der Waals surface area contributed by atoms with E-state index >= 15 is 0 Å². The largest absolute Gasteiger partial charge is 0.481 e. The van der Waals surface area contributed by atoms with E-state index in [0.717, 1.165) is 55.1 Å². The van der Waals surface area contributed by atoms with Gasteiger partial charge in [0.25, 0.3) is 0 Å². The van der Waals surface area contributed by atoms with Crippen LogP contribution in [-0.2, 0) is 11.2 Å². The molecule has 1 saturated heterocycles. The van der Waals surface area contributed by atoms with Gasteiger partial charge in [-0.1, -0.05) is 37.6 Å². The molecule has 0 unspecified atom stereocenters. The lowest BCUT2D eigenvalue weighted by molar-refractivity contribution is -0.142. The Kier molecular flexibility index (Phi) is 7.06. The molecular weight excluding hydrogens is 406 g/mol. The van der Waals surface area contributed by atoms with Gasteiger partial charge < -0.3 is 15.3 Å². The molecule has 0 amide bonds. The summed E-state index contributed by atoms with van der Waals surface area (Å²) >= 11 is 0. The zero-order valence-electron chi connectivity index (χ0n) is 18.2. The number of anilines is 1. The molecule has 32 heavy (non-hydrogen) atoms. The number of carbonyl (C=O) groups is 1. The van der Waals surface area contributed by atoms with Crippen LogP contribution in [0.2, 0.25) is 0 Å². The summed E-state index contributed by atoms with van der Waals surface area (Å²) in [7, 11) is 0. The second-order valence-electron chi connectivity index (χ2n) is 8.17. The van der Waals surface area contributed by atoms with E-state index in [1.54, 1.807) is 0 Å². The fraction of sp³-hybridized carbons (Fsp3) is 0.435. The Hall–Kier alpha value is -3.33. The molecule has 168 valence electrons. The number of hydrogen-bond acceptors (Lipinski definition) is 7. The Morgan fingerprint density at radius 1 is 1.12 bits per heavy atom. The lowest BCUT2D eigenvalue weighted by Crippen LogP contribution is -2.43. The van der Waals surface area contributed by atoms with Crippen molar-refractivity contribution in [1.29, 1.82) is 0 Å². The zero-order chi connectivity index (χ0) is 22.3. The molecular formula is C23H29N7O2. The summed E-state index contributed by atoms with van der Waals surface area (Å²) in [6.45, 7) is 5.90. The first-order chi connectivity index (χ1) is 15.7. The number of carboxylic acids is 1. The minimum absolute atomic E-state index is 0.312. The van der Waals surface area contributed by atoms with E-state index in [1.807, 2.05) is 25.3 Å². The standard InChI is InChI=1S/C23H29N7O2/c1-2-3-19(23(31)32)20(22-26-28-29-27-22)14-16-4-6-17(7-5-16)18-8-9-21(25-15-18)30-12-10-24-11-13-30/h4-9,15,19-20,24H,2-3,10-14H2,1H3,(H,31,32)(H,26,27,28,29)/t19-,20+/m1/s1. The topological polar surface area (TPSA) is 120 Å². The van der Waals surface area contributed by atoms with Crippen molar-refractivity contribution in [1.82, 2.24) is 30.9 Å². The highest BCUT2D eigenvalue weighted by molar-refractivity contribution is 5.71. The summed E-state index contributed by atoms with van der Waals surface area (Å²) < 4.78 is 0. The number of hydrogen-bond donors (Lipinski definition) is 3. The molecule has 9 heteroatoms. The Labute approximate surface area is 187 Å². The molecule has 0 spiro atoms. The van der Waals surface area contributed by atoms with Gasteiger partial charge in [0.05, 0.1) is 5.92 Å². The van der Waals surface area contributed by atoms with Gasteiger partial charge in [-0.15, -0.1) is 5.10 Å². The van der Waals surface area contributed by atoms with Crippen LogP contribution in [0.15, 0.2) is 42.6 Å². The Morgan fingerprint density at radius 3 is 2.47 bits per heavy atom. The normalized spacial score (nSPS) is 16.0. The van der Waals surface area contributed by atoms with Gasteiger partial charge in [-0.3, -0.25) is 4.79 Å². The molecule has 9 nitrogen and oxygen atoms in total. The molecule has 0 saturated carbocycles. The van der Waals surface area contributed by atoms with Gasteiger partial charge in [-0.25, -0.2) is 10.1 Å². The lowest BCUT2D eigenvalue weighted by atomic mass is 9.83. The maximum absolute atomic E-state index is 11.9. The van der Waals surface area contributed by atoms with Crippen molar-refractivity contribution >= 4 is 11.8 Å². The molecule has 2 atom stereocenters. The summed E-state index contributed by atoms with van der Waals surface area (Å²) in [5.74, 6) is -0.154. The van der Waals surface area contributed by atoms with Crippen molar-refractivity contribution in [2.24, 2.45) is 5.92 Å². The van der Waals surface area contributed by atoms with Gasteiger partial charge in [0.15, 0.2) is 5.82 Å². The van der Waals surface area contributed by atoms with E-state index in [1.165, 1.54) is 0 Å². The number of benzene rings is 1. The molecule has 1 fully saturated rings. The van der Waals surface area contributed by atoms with Crippen LogP contribution in [0.25, 0.3) is 11.1 Å². The highest BCUT2D eigenvalue weighted by atomic mass is 16.4. The van der Waals surface area contributed by atoms with Crippen LogP contribution in [0.4, 0.5) is 5.82 Å². The molecule has 0 aliphatic carbocycles. The number of rotatable bonds is 9. The molecule has 3 aromatic rings. The van der Waals surface area contributed by atoms with Gasteiger partial charge in [-0.2, -0.15) is 0 Å². The minimum Gasteiger partial charge on any atom is -0.481 e.